The second-order valence-corrected chi connectivity index (χ2v) is 23.8. The van der Waals surface area contributed by atoms with Gasteiger partial charge in [0.1, 0.15) is 22.7 Å². The number of nitrogens with zero attached hydrogens (tertiary/aromatic N) is 3. The van der Waals surface area contributed by atoms with Crippen LogP contribution in [-0.2, 0) is 16.8 Å². The Labute approximate surface area is 357 Å². The van der Waals surface area contributed by atoms with Crippen LogP contribution in [0.15, 0.2) is 144 Å². The summed E-state index contributed by atoms with van der Waals surface area (Å²) in [5, 5.41) is 14.5. The Kier molecular flexibility index (Phi) is 8.89. The van der Waals surface area contributed by atoms with E-state index in [9.17, 15) is 7.85 Å². The summed E-state index contributed by atoms with van der Waals surface area (Å²) in [6, 6.07) is 45.2. The van der Waals surface area contributed by atoms with E-state index in [1.165, 1.54) is 0 Å². The van der Waals surface area contributed by atoms with Crippen LogP contribution in [0.1, 0.15) is 61.0 Å². The molecular formula is C54H53N3O2Si. The average Bonchev–Trinajstić information content (AvgIpc) is 3.81. The van der Waals surface area contributed by atoms with Gasteiger partial charge in [0.05, 0.1) is 28.0 Å². The normalized spacial score (nSPS) is 13.3. The van der Waals surface area contributed by atoms with Gasteiger partial charge in [-0.3, -0.25) is 9.55 Å². The molecule has 9 aromatic rings. The Bertz CT molecular complexity index is 3170. The smallest absolute Gasteiger partial charge is 0.149 e. The van der Waals surface area contributed by atoms with Gasteiger partial charge in [-0.1, -0.05) is 140 Å². The number of fused-ring (bicyclic) bond motifs is 4. The molecule has 300 valence electrons. The number of furan rings is 1. The molecule has 9 rings (SSSR count). The maximum Gasteiger partial charge on any atom is 0.149 e. The number of hydrogen-bond donors (Lipinski definition) is 1. The first kappa shape index (κ1) is 36.8. The van der Waals surface area contributed by atoms with Crippen molar-refractivity contribution in [1.29, 1.82) is 0 Å². The van der Waals surface area contributed by atoms with E-state index in [1.807, 2.05) is 72.8 Å². The zero-order chi connectivity index (χ0) is 43.9. The van der Waals surface area contributed by atoms with Gasteiger partial charge in [-0.25, -0.2) is 4.98 Å². The summed E-state index contributed by atoms with van der Waals surface area (Å²) < 4.78 is 27.5. The van der Waals surface area contributed by atoms with Crippen molar-refractivity contribution >= 4 is 41.0 Å². The molecule has 0 amide bonds. The number of aromatic hydroxyl groups is 1. The van der Waals surface area contributed by atoms with Gasteiger partial charge in [-0.05, 0) is 93.7 Å². The Hall–Kier alpha value is -6.24. The van der Waals surface area contributed by atoms with Crippen molar-refractivity contribution in [2.24, 2.45) is 0 Å². The van der Waals surface area contributed by atoms with Crippen LogP contribution in [0.3, 0.4) is 0 Å². The molecule has 0 unspecified atom stereocenters. The first-order valence-electron chi connectivity index (χ1n) is 21.8. The van der Waals surface area contributed by atoms with Gasteiger partial charge >= 0.3 is 0 Å². The molecule has 0 radical (unpaired) electrons. The van der Waals surface area contributed by atoms with Crippen molar-refractivity contribution in [2.75, 3.05) is 0 Å². The van der Waals surface area contributed by atoms with Crippen molar-refractivity contribution in [3.8, 4) is 56.3 Å². The van der Waals surface area contributed by atoms with Crippen LogP contribution < -0.4 is 0 Å². The molecular weight excluding hydrogens is 751 g/mol. The van der Waals surface area contributed by atoms with Crippen molar-refractivity contribution < 1.29 is 12.3 Å². The van der Waals surface area contributed by atoms with Gasteiger partial charge in [0.2, 0.25) is 0 Å². The van der Waals surface area contributed by atoms with E-state index >= 15 is 0 Å². The van der Waals surface area contributed by atoms with Crippen LogP contribution in [0, 0.1) is 0 Å². The van der Waals surface area contributed by atoms with Crippen molar-refractivity contribution in [2.45, 2.75) is 78.0 Å². The molecule has 6 aromatic carbocycles. The molecule has 60 heavy (non-hydrogen) atoms. The quantitative estimate of drug-likeness (QED) is 0.163. The van der Waals surface area contributed by atoms with Crippen LogP contribution in [0.4, 0.5) is 0 Å². The molecule has 0 aliphatic carbocycles. The van der Waals surface area contributed by atoms with E-state index in [2.05, 4.69) is 126 Å². The Morgan fingerprint density at radius 2 is 1.42 bits per heavy atom. The number of imidazole rings is 1. The average molecular weight is 806 g/mol. The first-order chi connectivity index (χ1) is 29.3. The molecule has 3 heterocycles. The van der Waals surface area contributed by atoms with Gasteiger partial charge < -0.3 is 9.52 Å². The van der Waals surface area contributed by atoms with Crippen molar-refractivity contribution in [3.05, 3.63) is 156 Å². The number of aromatic nitrogens is 3. The predicted molar refractivity (Wildman–Crippen MR) is 254 cm³/mol. The number of rotatable bonds is 7. The largest absolute Gasteiger partial charge is 0.507 e. The Morgan fingerprint density at radius 1 is 0.667 bits per heavy atom. The highest BCUT2D eigenvalue weighted by Gasteiger charge is 2.30. The fourth-order valence-corrected chi connectivity index (χ4v) is 9.37. The fraction of sp³-hybridized carbons (Fsp3) is 0.222. The van der Waals surface area contributed by atoms with E-state index < -0.39 is 14.1 Å². The molecule has 0 bridgehead atoms. The number of hydrogen-bond acceptors (Lipinski definition) is 4. The van der Waals surface area contributed by atoms with Gasteiger partial charge in [0.15, 0.2) is 0 Å². The van der Waals surface area contributed by atoms with Gasteiger partial charge in [0, 0.05) is 50.0 Å². The summed E-state index contributed by atoms with van der Waals surface area (Å²) in [6.45, 7) is 19.2. The van der Waals surface area contributed by atoms with Crippen molar-refractivity contribution in [1.82, 2.24) is 14.5 Å². The van der Waals surface area contributed by atoms with Gasteiger partial charge in [-0.15, -0.1) is 0 Å². The highest BCUT2D eigenvalue weighted by molar-refractivity contribution is 6.75. The fourth-order valence-electron chi connectivity index (χ4n) is 8.35. The summed E-state index contributed by atoms with van der Waals surface area (Å²) >= 11 is 0. The molecule has 0 aliphatic rings. The molecule has 0 atom stereocenters. The van der Waals surface area contributed by atoms with Crippen LogP contribution in [-0.4, -0.2) is 27.7 Å². The monoisotopic (exact) mass is 805 g/mol. The zero-order valence-electron chi connectivity index (χ0n) is 38.0. The topological polar surface area (TPSA) is 64.1 Å². The second-order valence-electron chi connectivity index (χ2n) is 19.1. The standard InChI is InChI=1S/C54H53N3O2Si/c1-53(2,3)37-31-43(50(58)44(32-37)54(4,5)6)52-56-49-38(36-29-41-39-20-13-14-24-48(39)59-51(41)42(30-36)45-22-15-16-27-55-45)21-17-23-47(49)57(52)46-26-25-34(33-60(7,8)9)28-40(46)35-18-11-10-12-19-35/h10-32,58H,33H2,1-9H3/i33D2. The zero-order valence-corrected chi connectivity index (χ0v) is 37.0. The Morgan fingerprint density at radius 3 is 2.13 bits per heavy atom. The van der Waals surface area contributed by atoms with Crippen LogP contribution in [0.5, 0.6) is 5.75 Å². The van der Waals surface area contributed by atoms with Gasteiger partial charge in [0.25, 0.3) is 0 Å². The summed E-state index contributed by atoms with van der Waals surface area (Å²) in [4.78, 5) is 10.4. The van der Waals surface area contributed by atoms with Crippen LogP contribution >= 0.6 is 0 Å². The molecule has 1 N–H and O–H groups in total. The highest BCUT2D eigenvalue weighted by atomic mass is 28.3. The summed E-state index contributed by atoms with van der Waals surface area (Å²) in [5.74, 6) is -0.704. The van der Waals surface area contributed by atoms with Gasteiger partial charge in [-0.2, -0.15) is 0 Å². The molecule has 6 heteroatoms. The summed E-state index contributed by atoms with van der Waals surface area (Å²) in [6.07, 6.45) is 1.81. The van der Waals surface area contributed by atoms with E-state index in [0.29, 0.717) is 17.0 Å². The number of phenols is 1. The third-order valence-electron chi connectivity index (χ3n) is 11.3. The molecule has 0 saturated heterocycles. The highest BCUT2D eigenvalue weighted by Crippen LogP contribution is 2.46. The summed E-state index contributed by atoms with van der Waals surface area (Å²) in [7, 11) is -2.33. The van der Waals surface area contributed by atoms with E-state index in [0.717, 1.165) is 83.3 Å². The predicted octanol–water partition coefficient (Wildman–Crippen LogP) is 14.7. The first-order valence-corrected chi connectivity index (χ1v) is 24.3. The number of pyridine rings is 1. The number of para-hydroxylation sites is 2. The second kappa shape index (κ2) is 14.5. The Balaban J connectivity index is 1.42. The lowest BCUT2D eigenvalue weighted by Crippen LogP contribution is -2.23. The minimum atomic E-state index is -2.33. The number of phenolic OH excluding ortho intramolecular Hbond substituents is 1. The number of benzene rings is 6. The maximum atomic E-state index is 12.5. The third-order valence-corrected chi connectivity index (χ3v) is 12.3. The van der Waals surface area contributed by atoms with Crippen LogP contribution in [0.25, 0.3) is 83.6 Å². The van der Waals surface area contributed by atoms with E-state index in [4.69, 9.17) is 14.4 Å². The lowest BCUT2D eigenvalue weighted by atomic mass is 9.79. The SMILES string of the molecule is [2H]C([2H])(c1ccc(-n2c(-c3cc(C(C)(C)C)cc(C(C)(C)C)c3O)nc3c(-c4cc(-c5ccccn5)c5oc6ccccc6c5c4)cccc32)c(-c2ccccc2)c1)[Si](C)(C)C. The lowest BCUT2D eigenvalue weighted by molar-refractivity contribution is 0.446. The third kappa shape index (κ3) is 7.13. The van der Waals surface area contributed by atoms with E-state index in [1.54, 1.807) is 6.20 Å². The molecule has 0 fully saturated rings. The minimum Gasteiger partial charge on any atom is -0.507 e. The van der Waals surface area contributed by atoms with Crippen LogP contribution in [0.2, 0.25) is 19.6 Å². The summed E-state index contributed by atoms with van der Waals surface area (Å²) in [5.41, 5.74) is 12.1. The molecule has 0 saturated carbocycles. The van der Waals surface area contributed by atoms with Crippen molar-refractivity contribution in [3.63, 3.8) is 0 Å². The molecule has 0 aliphatic heterocycles. The molecule has 0 spiro atoms. The molecule has 5 nitrogen and oxygen atoms in total. The minimum absolute atomic E-state index is 0.195. The lowest BCUT2D eigenvalue weighted by Gasteiger charge is -2.27. The van der Waals surface area contributed by atoms with E-state index in [-0.39, 0.29) is 16.6 Å². The molecule has 3 aromatic heterocycles. The maximum absolute atomic E-state index is 12.5.